The summed E-state index contributed by atoms with van der Waals surface area (Å²) in [6.07, 6.45) is 1.10. The van der Waals surface area contributed by atoms with Gasteiger partial charge in [-0.1, -0.05) is 13.8 Å². The van der Waals surface area contributed by atoms with Gasteiger partial charge in [0.25, 0.3) is 0 Å². The average Bonchev–Trinajstić information content (AvgIpc) is 2.47. The van der Waals surface area contributed by atoms with Crippen molar-refractivity contribution in [3.05, 3.63) is 41.7 Å². The fraction of sp³-hybridized carbons (Fsp3) is 0.353. The van der Waals surface area contributed by atoms with E-state index in [9.17, 15) is 0 Å². The molecular weight excluding hydrogens is 274 g/mol. The Hall–Kier alpha value is -2.61. The molecule has 0 bridgehead atoms. The standard InChI is InChI=1S/C17H21N5/c1-12(2)8-9-19-16-10-17(21-13(3)20-16)22-15-6-4-14(11-18)5-7-15/h4-7,10,12H,8-9H2,1-3H3,(H2,19,20,21,22). The van der Waals surface area contributed by atoms with Crippen LogP contribution in [0.15, 0.2) is 30.3 Å². The molecule has 5 heteroatoms. The highest BCUT2D eigenvalue weighted by atomic mass is 15.1. The van der Waals surface area contributed by atoms with Crippen molar-refractivity contribution in [1.82, 2.24) is 9.97 Å². The number of aryl methyl sites for hydroxylation is 1. The second-order valence-corrected chi connectivity index (χ2v) is 5.61. The van der Waals surface area contributed by atoms with Gasteiger partial charge in [0.1, 0.15) is 17.5 Å². The highest BCUT2D eigenvalue weighted by Crippen LogP contribution is 2.18. The number of rotatable bonds is 6. The van der Waals surface area contributed by atoms with E-state index in [4.69, 9.17) is 5.26 Å². The molecule has 5 nitrogen and oxygen atoms in total. The first kappa shape index (κ1) is 15.8. The van der Waals surface area contributed by atoms with Crippen molar-refractivity contribution < 1.29 is 0 Å². The van der Waals surface area contributed by atoms with Crippen LogP contribution in [-0.2, 0) is 0 Å². The fourth-order valence-corrected chi connectivity index (χ4v) is 1.99. The van der Waals surface area contributed by atoms with Gasteiger partial charge >= 0.3 is 0 Å². The second-order valence-electron chi connectivity index (χ2n) is 5.61. The van der Waals surface area contributed by atoms with Gasteiger partial charge < -0.3 is 10.6 Å². The lowest BCUT2D eigenvalue weighted by Crippen LogP contribution is -2.08. The fourth-order valence-electron chi connectivity index (χ4n) is 1.99. The van der Waals surface area contributed by atoms with E-state index in [1.807, 2.05) is 25.1 Å². The largest absolute Gasteiger partial charge is 0.370 e. The predicted octanol–water partition coefficient (Wildman–Crippen LogP) is 3.86. The minimum Gasteiger partial charge on any atom is -0.370 e. The zero-order valence-corrected chi connectivity index (χ0v) is 13.2. The summed E-state index contributed by atoms with van der Waals surface area (Å²) >= 11 is 0. The van der Waals surface area contributed by atoms with Crippen LogP contribution in [0.5, 0.6) is 0 Å². The Balaban J connectivity index is 2.06. The molecule has 1 aromatic heterocycles. The van der Waals surface area contributed by atoms with Crippen LogP contribution >= 0.6 is 0 Å². The second kappa shape index (κ2) is 7.41. The first-order chi connectivity index (χ1) is 10.6. The highest BCUT2D eigenvalue weighted by molar-refractivity contribution is 5.60. The van der Waals surface area contributed by atoms with Crippen molar-refractivity contribution in [3.63, 3.8) is 0 Å². The topological polar surface area (TPSA) is 73.6 Å². The van der Waals surface area contributed by atoms with E-state index in [0.717, 1.165) is 30.3 Å². The molecule has 0 aliphatic heterocycles. The number of nitriles is 1. The van der Waals surface area contributed by atoms with Crippen molar-refractivity contribution in [2.24, 2.45) is 5.92 Å². The summed E-state index contributed by atoms with van der Waals surface area (Å²) in [5.41, 5.74) is 1.53. The SMILES string of the molecule is Cc1nc(NCCC(C)C)cc(Nc2ccc(C#N)cc2)n1. The molecule has 2 rings (SSSR count). The van der Waals surface area contributed by atoms with Gasteiger partial charge in [0, 0.05) is 18.3 Å². The summed E-state index contributed by atoms with van der Waals surface area (Å²) in [4.78, 5) is 8.78. The maximum atomic E-state index is 8.81. The van der Waals surface area contributed by atoms with Crippen LogP contribution in [0.1, 0.15) is 31.7 Å². The molecular formula is C17H21N5. The van der Waals surface area contributed by atoms with Crippen LogP contribution in [-0.4, -0.2) is 16.5 Å². The van der Waals surface area contributed by atoms with Crippen LogP contribution in [0.25, 0.3) is 0 Å². The summed E-state index contributed by atoms with van der Waals surface area (Å²) < 4.78 is 0. The van der Waals surface area contributed by atoms with Gasteiger partial charge in [-0.05, 0) is 43.5 Å². The smallest absolute Gasteiger partial charge is 0.136 e. The Labute approximate surface area is 131 Å². The maximum Gasteiger partial charge on any atom is 0.136 e. The molecule has 0 saturated heterocycles. The zero-order chi connectivity index (χ0) is 15.9. The minimum atomic E-state index is 0.639. The number of hydrogen-bond acceptors (Lipinski definition) is 5. The Morgan fingerprint density at radius 1 is 1.14 bits per heavy atom. The summed E-state index contributed by atoms with van der Waals surface area (Å²) in [5.74, 6) is 2.94. The van der Waals surface area contributed by atoms with Gasteiger partial charge in [-0.3, -0.25) is 0 Å². The van der Waals surface area contributed by atoms with Crippen LogP contribution in [0.3, 0.4) is 0 Å². The third-order valence-corrected chi connectivity index (χ3v) is 3.15. The quantitative estimate of drug-likeness (QED) is 0.846. The Kier molecular flexibility index (Phi) is 5.31. The Bertz CT molecular complexity index is 656. The van der Waals surface area contributed by atoms with Crippen LogP contribution in [0.4, 0.5) is 17.3 Å². The van der Waals surface area contributed by atoms with Gasteiger partial charge in [0.2, 0.25) is 0 Å². The molecule has 1 aromatic carbocycles. The van der Waals surface area contributed by atoms with E-state index in [-0.39, 0.29) is 0 Å². The van der Waals surface area contributed by atoms with Crippen LogP contribution in [0, 0.1) is 24.2 Å². The van der Waals surface area contributed by atoms with E-state index in [1.54, 1.807) is 12.1 Å². The zero-order valence-electron chi connectivity index (χ0n) is 13.2. The molecule has 2 aromatic rings. The number of hydrogen-bond donors (Lipinski definition) is 2. The molecule has 0 aliphatic rings. The monoisotopic (exact) mass is 295 g/mol. The van der Waals surface area contributed by atoms with Gasteiger partial charge in [0.05, 0.1) is 11.6 Å². The molecule has 1 heterocycles. The molecule has 0 aliphatic carbocycles. The normalized spacial score (nSPS) is 10.3. The van der Waals surface area contributed by atoms with Crippen molar-refractivity contribution in [1.29, 1.82) is 5.26 Å². The lowest BCUT2D eigenvalue weighted by Gasteiger charge is -2.11. The van der Waals surface area contributed by atoms with E-state index in [1.165, 1.54) is 0 Å². The summed E-state index contributed by atoms with van der Waals surface area (Å²) in [6, 6.07) is 11.3. The van der Waals surface area contributed by atoms with E-state index in [0.29, 0.717) is 17.3 Å². The number of nitrogens with one attached hydrogen (secondary N) is 2. The van der Waals surface area contributed by atoms with Crippen molar-refractivity contribution >= 4 is 17.3 Å². The van der Waals surface area contributed by atoms with Gasteiger partial charge in [0.15, 0.2) is 0 Å². The van der Waals surface area contributed by atoms with Crippen molar-refractivity contribution in [2.75, 3.05) is 17.2 Å². The minimum absolute atomic E-state index is 0.639. The van der Waals surface area contributed by atoms with Gasteiger partial charge in [-0.15, -0.1) is 0 Å². The summed E-state index contributed by atoms with van der Waals surface area (Å²) in [6.45, 7) is 7.16. The van der Waals surface area contributed by atoms with E-state index < -0.39 is 0 Å². The average molecular weight is 295 g/mol. The van der Waals surface area contributed by atoms with Crippen molar-refractivity contribution in [3.8, 4) is 6.07 Å². The lowest BCUT2D eigenvalue weighted by molar-refractivity contribution is 0.606. The molecule has 0 amide bonds. The molecule has 0 saturated carbocycles. The van der Waals surface area contributed by atoms with Gasteiger partial charge in [-0.25, -0.2) is 9.97 Å². The van der Waals surface area contributed by atoms with Crippen LogP contribution in [0.2, 0.25) is 0 Å². The van der Waals surface area contributed by atoms with Crippen molar-refractivity contribution in [2.45, 2.75) is 27.2 Å². The van der Waals surface area contributed by atoms with E-state index >= 15 is 0 Å². The summed E-state index contributed by atoms with van der Waals surface area (Å²) in [7, 11) is 0. The molecule has 0 fully saturated rings. The maximum absolute atomic E-state index is 8.81. The molecule has 114 valence electrons. The predicted molar refractivity (Wildman–Crippen MR) is 89.2 cm³/mol. The third-order valence-electron chi connectivity index (χ3n) is 3.15. The lowest BCUT2D eigenvalue weighted by atomic mass is 10.1. The number of nitrogens with zero attached hydrogens (tertiary/aromatic N) is 3. The first-order valence-electron chi connectivity index (χ1n) is 7.43. The molecule has 0 radical (unpaired) electrons. The molecule has 2 N–H and O–H groups in total. The molecule has 0 unspecified atom stereocenters. The summed E-state index contributed by atoms with van der Waals surface area (Å²) in [5, 5.41) is 15.4. The molecule has 0 atom stereocenters. The molecule has 22 heavy (non-hydrogen) atoms. The van der Waals surface area contributed by atoms with Gasteiger partial charge in [-0.2, -0.15) is 5.26 Å². The number of aromatic nitrogens is 2. The molecule has 0 spiro atoms. The van der Waals surface area contributed by atoms with Crippen LogP contribution < -0.4 is 10.6 Å². The highest BCUT2D eigenvalue weighted by Gasteiger charge is 2.03. The number of benzene rings is 1. The Morgan fingerprint density at radius 3 is 2.45 bits per heavy atom. The van der Waals surface area contributed by atoms with E-state index in [2.05, 4.69) is 40.5 Å². The first-order valence-corrected chi connectivity index (χ1v) is 7.43. The Morgan fingerprint density at radius 2 is 1.82 bits per heavy atom. The third kappa shape index (κ3) is 4.74. The number of anilines is 3.